The van der Waals surface area contributed by atoms with Gasteiger partial charge in [0.1, 0.15) is 0 Å². The molecule has 3 aromatic carbocycles. The van der Waals surface area contributed by atoms with Crippen LogP contribution in [-0.4, -0.2) is 26.2 Å². The number of aliphatic hydroxyl groups excluding tert-OH is 1. The summed E-state index contributed by atoms with van der Waals surface area (Å²) in [4.78, 5) is 14.7. The number of benzene rings is 3. The molecule has 4 aromatic rings. The quantitative estimate of drug-likeness (QED) is 0.271. The van der Waals surface area contributed by atoms with Crippen molar-refractivity contribution in [2.45, 2.75) is 39.7 Å². The molecule has 1 aliphatic carbocycles. The molecule has 1 aliphatic rings. The first kappa shape index (κ1) is 26.2. The van der Waals surface area contributed by atoms with Crippen molar-refractivity contribution in [1.82, 2.24) is 15.0 Å². The lowest BCUT2D eigenvalue weighted by atomic mass is 9.85. The molecule has 4 heteroatoms. The van der Waals surface area contributed by atoms with Crippen LogP contribution in [0.1, 0.15) is 39.2 Å². The van der Waals surface area contributed by atoms with Crippen LogP contribution >= 0.6 is 0 Å². The number of hydrogen-bond acceptors (Lipinski definition) is 4. The van der Waals surface area contributed by atoms with E-state index in [4.69, 9.17) is 15.0 Å². The third kappa shape index (κ3) is 5.87. The highest BCUT2D eigenvalue weighted by Crippen LogP contribution is 2.37. The van der Waals surface area contributed by atoms with Gasteiger partial charge in [0, 0.05) is 16.7 Å². The summed E-state index contributed by atoms with van der Waals surface area (Å²) in [5, 5.41) is 10.6. The molecular formula is C35H33N3O. The summed E-state index contributed by atoms with van der Waals surface area (Å²) in [6, 6.07) is 28.4. The lowest BCUT2D eigenvalue weighted by Crippen LogP contribution is -2.09. The van der Waals surface area contributed by atoms with Crippen molar-refractivity contribution in [3.63, 3.8) is 0 Å². The first-order valence-electron chi connectivity index (χ1n) is 13.5. The zero-order chi connectivity index (χ0) is 27.2. The van der Waals surface area contributed by atoms with Crippen molar-refractivity contribution < 1.29 is 5.11 Å². The molecular weight excluding hydrogens is 478 g/mol. The molecule has 1 aromatic heterocycles. The first-order valence-corrected chi connectivity index (χ1v) is 13.5. The summed E-state index contributed by atoms with van der Waals surface area (Å²) in [5.74, 6) is 1.91. The van der Waals surface area contributed by atoms with Gasteiger partial charge < -0.3 is 5.11 Å². The Bertz CT molecular complexity index is 1520. The normalized spacial score (nSPS) is 14.7. The average Bonchev–Trinajstić information content (AvgIpc) is 3.24. The van der Waals surface area contributed by atoms with Gasteiger partial charge in [0.25, 0.3) is 0 Å². The molecule has 1 atom stereocenters. The smallest absolute Gasteiger partial charge is 0.164 e. The average molecular weight is 512 g/mol. The number of rotatable bonds is 7. The maximum absolute atomic E-state index is 10.6. The van der Waals surface area contributed by atoms with Gasteiger partial charge in [-0.1, -0.05) is 116 Å². The van der Waals surface area contributed by atoms with E-state index in [1.54, 1.807) is 0 Å². The van der Waals surface area contributed by atoms with Crippen molar-refractivity contribution in [1.29, 1.82) is 0 Å². The molecule has 0 saturated heterocycles. The molecule has 1 heterocycles. The van der Waals surface area contributed by atoms with Crippen LogP contribution in [-0.2, 0) is 0 Å². The fourth-order valence-electron chi connectivity index (χ4n) is 4.81. The number of hydrogen-bond donors (Lipinski definition) is 1. The topological polar surface area (TPSA) is 58.9 Å². The number of aliphatic hydroxyl groups is 1. The SMILES string of the molecule is CC/C(C)=C(\C1=CCC=CC=C1C(C)O)c1cccc(-c2nc(-c3ccccc3)nc(-c3ccccc3)n2)c1. The molecule has 1 unspecified atom stereocenters. The van der Waals surface area contributed by atoms with Gasteiger partial charge in [-0.15, -0.1) is 0 Å². The van der Waals surface area contributed by atoms with Gasteiger partial charge >= 0.3 is 0 Å². The van der Waals surface area contributed by atoms with E-state index in [0.29, 0.717) is 17.5 Å². The molecule has 39 heavy (non-hydrogen) atoms. The Morgan fingerprint density at radius 3 is 1.92 bits per heavy atom. The van der Waals surface area contributed by atoms with Crippen LogP contribution in [0.2, 0.25) is 0 Å². The van der Waals surface area contributed by atoms with Gasteiger partial charge in [-0.25, -0.2) is 15.0 Å². The Balaban J connectivity index is 1.66. The minimum Gasteiger partial charge on any atom is -0.389 e. The third-order valence-corrected chi connectivity index (χ3v) is 6.97. The van der Waals surface area contributed by atoms with E-state index < -0.39 is 6.10 Å². The molecule has 0 bridgehead atoms. The van der Waals surface area contributed by atoms with Crippen LogP contribution < -0.4 is 0 Å². The summed E-state index contributed by atoms with van der Waals surface area (Å²) >= 11 is 0. The van der Waals surface area contributed by atoms with Crippen LogP contribution in [0.5, 0.6) is 0 Å². The first-order chi connectivity index (χ1) is 19.0. The van der Waals surface area contributed by atoms with Gasteiger partial charge in [-0.05, 0) is 55.0 Å². The second-order valence-corrected chi connectivity index (χ2v) is 9.71. The zero-order valence-corrected chi connectivity index (χ0v) is 22.7. The van der Waals surface area contributed by atoms with Crippen molar-refractivity contribution in [2.24, 2.45) is 0 Å². The van der Waals surface area contributed by atoms with Crippen LogP contribution in [0.3, 0.4) is 0 Å². The molecule has 194 valence electrons. The van der Waals surface area contributed by atoms with E-state index in [0.717, 1.165) is 51.8 Å². The second-order valence-electron chi connectivity index (χ2n) is 9.71. The van der Waals surface area contributed by atoms with E-state index in [1.165, 1.54) is 5.57 Å². The highest BCUT2D eigenvalue weighted by Gasteiger charge is 2.20. The number of allylic oxidation sites excluding steroid dienone is 6. The second kappa shape index (κ2) is 12.0. The van der Waals surface area contributed by atoms with Crippen LogP contribution in [0.25, 0.3) is 39.7 Å². The predicted octanol–water partition coefficient (Wildman–Crippen LogP) is 8.25. The monoisotopic (exact) mass is 511 g/mol. The highest BCUT2D eigenvalue weighted by molar-refractivity contribution is 5.87. The van der Waals surface area contributed by atoms with Crippen LogP contribution in [0.15, 0.2) is 126 Å². The summed E-state index contributed by atoms with van der Waals surface area (Å²) in [6.07, 6.45) is 9.53. The fourth-order valence-corrected chi connectivity index (χ4v) is 4.81. The summed E-state index contributed by atoms with van der Waals surface area (Å²) in [5.41, 5.74) is 8.30. The van der Waals surface area contributed by atoms with Crippen molar-refractivity contribution in [3.05, 3.63) is 132 Å². The molecule has 1 N–H and O–H groups in total. The maximum Gasteiger partial charge on any atom is 0.164 e. The van der Waals surface area contributed by atoms with Gasteiger partial charge in [0.05, 0.1) is 6.10 Å². The van der Waals surface area contributed by atoms with E-state index in [1.807, 2.05) is 79.7 Å². The van der Waals surface area contributed by atoms with E-state index in [9.17, 15) is 5.11 Å². The lowest BCUT2D eigenvalue weighted by molar-refractivity contribution is 0.234. The summed E-state index contributed by atoms with van der Waals surface area (Å²) in [6.45, 7) is 6.17. The molecule has 0 saturated carbocycles. The predicted molar refractivity (Wildman–Crippen MR) is 161 cm³/mol. The molecule has 0 spiro atoms. The van der Waals surface area contributed by atoms with Gasteiger partial charge in [-0.2, -0.15) is 0 Å². The Morgan fingerprint density at radius 1 is 0.795 bits per heavy atom. The molecule has 0 radical (unpaired) electrons. The van der Waals surface area contributed by atoms with E-state index in [2.05, 4.69) is 50.3 Å². The Hall–Kier alpha value is -4.41. The molecule has 5 rings (SSSR count). The third-order valence-electron chi connectivity index (χ3n) is 6.97. The minimum absolute atomic E-state index is 0.577. The van der Waals surface area contributed by atoms with Crippen molar-refractivity contribution in [2.75, 3.05) is 0 Å². The summed E-state index contributed by atoms with van der Waals surface area (Å²) < 4.78 is 0. The van der Waals surface area contributed by atoms with E-state index in [-0.39, 0.29) is 0 Å². The molecule has 0 aliphatic heterocycles. The standard InChI is InChI=1S/C35H33N3O/c1-4-24(2)32(31-22-13-7-12-21-30(31)25(3)39)28-19-14-20-29(23-28)35-37-33(26-15-8-5-9-16-26)36-34(38-35)27-17-10-6-11-18-27/h5-12,14-23,25,39H,4,13H2,1-3H3/b32-24-. The number of aromatic nitrogens is 3. The van der Waals surface area contributed by atoms with Gasteiger partial charge in [-0.3, -0.25) is 0 Å². The summed E-state index contributed by atoms with van der Waals surface area (Å²) in [7, 11) is 0. The fraction of sp³-hybridized carbons (Fsp3) is 0.171. The molecule has 0 fully saturated rings. The maximum atomic E-state index is 10.6. The Labute approximate surface area is 230 Å². The van der Waals surface area contributed by atoms with Crippen molar-refractivity contribution in [3.8, 4) is 34.2 Å². The van der Waals surface area contributed by atoms with E-state index >= 15 is 0 Å². The Kier molecular flexibility index (Phi) is 8.04. The largest absolute Gasteiger partial charge is 0.389 e. The van der Waals surface area contributed by atoms with Crippen LogP contribution in [0, 0.1) is 0 Å². The zero-order valence-electron chi connectivity index (χ0n) is 22.7. The molecule has 4 nitrogen and oxygen atoms in total. The van der Waals surface area contributed by atoms with Crippen LogP contribution in [0.4, 0.5) is 0 Å². The number of nitrogens with zero attached hydrogens (tertiary/aromatic N) is 3. The van der Waals surface area contributed by atoms with Gasteiger partial charge in [0.15, 0.2) is 17.5 Å². The highest BCUT2D eigenvalue weighted by atomic mass is 16.3. The Morgan fingerprint density at radius 2 is 1.36 bits per heavy atom. The van der Waals surface area contributed by atoms with Crippen molar-refractivity contribution >= 4 is 5.57 Å². The minimum atomic E-state index is -0.577. The van der Waals surface area contributed by atoms with Gasteiger partial charge in [0.2, 0.25) is 0 Å². The lowest BCUT2D eigenvalue weighted by Gasteiger charge is -2.21. The molecule has 0 amide bonds.